The van der Waals surface area contributed by atoms with Gasteiger partial charge in [-0.1, -0.05) is 58.3 Å². The third kappa shape index (κ3) is 11.0. The highest BCUT2D eigenvalue weighted by Gasteiger charge is 2.09. The minimum Gasteiger partial charge on any atom is -0.342 e. The maximum absolute atomic E-state index is 11.8. The first-order valence-corrected chi connectivity index (χ1v) is 8.24. The average molecular weight is 270 g/mol. The molecule has 0 aromatic carbocycles. The summed E-state index contributed by atoms with van der Waals surface area (Å²) >= 11 is 0. The molecule has 0 aliphatic rings. The van der Waals surface area contributed by atoms with Crippen LogP contribution in [-0.4, -0.2) is 30.4 Å². The molecule has 3 heteroatoms. The van der Waals surface area contributed by atoms with Crippen LogP contribution in [0, 0.1) is 0 Å². The summed E-state index contributed by atoms with van der Waals surface area (Å²) in [4.78, 5) is 13.7. The van der Waals surface area contributed by atoms with Gasteiger partial charge in [0.2, 0.25) is 5.91 Å². The van der Waals surface area contributed by atoms with E-state index in [-0.39, 0.29) is 5.91 Å². The molecule has 0 heterocycles. The third-order valence-electron chi connectivity index (χ3n) is 3.63. The van der Waals surface area contributed by atoms with Crippen molar-refractivity contribution in [1.29, 1.82) is 0 Å². The number of rotatable bonds is 13. The second kappa shape index (κ2) is 13.9. The molecule has 0 aliphatic heterocycles. The van der Waals surface area contributed by atoms with Crippen molar-refractivity contribution in [3.63, 3.8) is 0 Å². The molecule has 0 saturated heterocycles. The van der Waals surface area contributed by atoms with Crippen LogP contribution in [0.3, 0.4) is 0 Å². The van der Waals surface area contributed by atoms with E-state index in [2.05, 4.69) is 6.92 Å². The van der Waals surface area contributed by atoms with Crippen LogP contribution in [0.2, 0.25) is 0 Å². The maximum atomic E-state index is 11.8. The summed E-state index contributed by atoms with van der Waals surface area (Å²) in [5, 5.41) is 0. The number of nitrogens with zero attached hydrogens (tertiary/aromatic N) is 1. The van der Waals surface area contributed by atoms with Crippen molar-refractivity contribution in [2.24, 2.45) is 5.73 Å². The monoisotopic (exact) mass is 270 g/mol. The molecule has 114 valence electrons. The Morgan fingerprint density at radius 1 is 0.895 bits per heavy atom. The standard InChI is InChI=1S/C16H34N2O/c1-3-5-6-7-8-9-10-11-12-13-16(19)18(4-2)15-14-17/h3-15,17H2,1-2H3. The van der Waals surface area contributed by atoms with E-state index < -0.39 is 0 Å². The lowest BCUT2D eigenvalue weighted by molar-refractivity contribution is -0.131. The summed E-state index contributed by atoms with van der Waals surface area (Å²) in [5.41, 5.74) is 5.49. The number of carbonyl (C=O) groups excluding carboxylic acids is 1. The van der Waals surface area contributed by atoms with E-state index in [1.165, 1.54) is 51.4 Å². The van der Waals surface area contributed by atoms with Gasteiger partial charge in [-0.25, -0.2) is 0 Å². The topological polar surface area (TPSA) is 46.3 Å². The Kier molecular flexibility index (Phi) is 13.4. The Labute approximate surface area is 119 Å². The molecule has 0 radical (unpaired) electrons. The second-order valence-electron chi connectivity index (χ2n) is 5.34. The maximum Gasteiger partial charge on any atom is 0.222 e. The summed E-state index contributed by atoms with van der Waals surface area (Å²) in [6.07, 6.45) is 12.4. The summed E-state index contributed by atoms with van der Waals surface area (Å²) in [7, 11) is 0. The van der Waals surface area contributed by atoms with E-state index in [0.29, 0.717) is 19.5 Å². The molecule has 0 saturated carbocycles. The predicted molar refractivity (Wildman–Crippen MR) is 83.2 cm³/mol. The van der Waals surface area contributed by atoms with E-state index in [1.54, 1.807) is 0 Å². The van der Waals surface area contributed by atoms with E-state index in [9.17, 15) is 4.79 Å². The van der Waals surface area contributed by atoms with Crippen molar-refractivity contribution >= 4 is 5.91 Å². The lowest BCUT2D eigenvalue weighted by Crippen LogP contribution is -2.34. The molecule has 0 aromatic rings. The molecule has 0 aliphatic carbocycles. The first kappa shape index (κ1) is 18.4. The predicted octanol–water partition coefficient (Wildman–Crippen LogP) is 3.71. The number of hydrogen-bond donors (Lipinski definition) is 1. The number of unbranched alkanes of at least 4 members (excludes halogenated alkanes) is 8. The van der Waals surface area contributed by atoms with Crippen molar-refractivity contribution in [3.8, 4) is 0 Å². The van der Waals surface area contributed by atoms with Crippen LogP contribution in [0.5, 0.6) is 0 Å². The molecule has 0 rings (SSSR count). The van der Waals surface area contributed by atoms with E-state index in [0.717, 1.165) is 13.0 Å². The minimum absolute atomic E-state index is 0.274. The largest absolute Gasteiger partial charge is 0.342 e. The summed E-state index contributed by atoms with van der Waals surface area (Å²) in [5.74, 6) is 0.274. The number of nitrogens with two attached hydrogens (primary N) is 1. The lowest BCUT2D eigenvalue weighted by atomic mass is 10.1. The SMILES string of the molecule is CCCCCCCCCCCC(=O)N(CC)CCN. The molecule has 0 unspecified atom stereocenters. The number of amides is 1. The molecule has 19 heavy (non-hydrogen) atoms. The quantitative estimate of drug-likeness (QED) is 0.519. The van der Waals surface area contributed by atoms with Gasteiger partial charge in [0.1, 0.15) is 0 Å². The number of likely N-dealkylation sites (N-methyl/N-ethyl adjacent to an activating group) is 1. The van der Waals surface area contributed by atoms with Crippen molar-refractivity contribution in [3.05, 3.63) is 0 Å². The minimum atomic E-state index is 0.274. The van der Waals surface area contributed by atoms with Gasteiger partial charge in [-0.05, 0) is 13.3 Å². The van der Waals surface area contributed by atoms with Crippen LogP contribution in [-0.2, 0) is 4.79 Å². The van der Waals surface area contributed by atoms with Crippen molar-refractivity contribution in [2.45, 2.75) is 78.1 Å². The Bertz CT molecular complexity index is 207. The molecule has 3 nitrogen and oxygen atoms in total. The smallest absolute Gasteiger partial charge is 0.222 e. The van der Waals surface area contributed by atoms with Crippen LogP contribution in [0.4, 0.5) is 0 Å². The van der Waals surface area contributed by atoms with Crippen molar-refractivity contribution < 1.29 is 4.79 Å². The molecule has 1 amide bonds. The fraction of sp³-hybridized carbons (Fsp3) is 0.938. The molecule has 0 aromatic heterocycles. The normalized spacial score (nSPS) is 10.7. The van der Waals surface area contributed by atoms with Crippen LogP contribution < -0.4 is 5.73 Å². The number of hydrogen-bond acceptors (Lipinski definition) is 2. The fourth-order valence-corrected chi connectivity index (χ4v) is 2.36. The van der Waals surface area contributed by atoms with Gasteiger partial charge in [0.05, 0.1) is 0 Å². The van der Waals surface area contributed by atoms with Gasteiger partial charge in [-0.3, -0.25) is 4.79 Å². The van der Waals surface area contributed by atoms with Crippen LogP contribution in [0.25, 0.3) is 0 Å². The Balaban J connectivity index is 3.35. The lowest BCUT2D eigenvalue weighted by Gasteiger charge is -2.19. The van der Waals surface area contributed by atoms with E-state index in [1.807, 2.05) is 11.8 Å². The summed E-state index contributed by atoms with van der Waals surface area (Å²) in [6.45, 7) is 6.32. The second-order valence-corrected chi connectivity index (χ2v) is 5.34. The Hall–Kier alpha value is -0.570. The van der Waals surface area contributed by atoms with Gasteiger partial charge >= 0.3 is 0 Å². The fourth-order valence-electron chi connectivity index (χ4n) is 2.36. The first-order valence-electron chi connectivity index (χ1n) is 8.24. The molecule has 0 atom stereocenters. The van der Waals surface area contributed by atoms with Gasteiger partial charge in [0.15, 0.2) is 0 Å². The van der Waals surface area contributed by atoms with E-state index in [4.69, 9.17) is 5.73 Å². The van der Waals surface area contributed by atoms with Crippen LogP contribution in [0.15, 0.2) is 0 Å². The highest BCUT2D eigenvalue weighted by atomic mass is 16.2. The Morgan fingerprint density at radius 2 is 1.42 bits per heavy atom. The van der Waals surface area contributed by atoms with Gasteiger partial charge < -0.3 is 10.6 Å². The van der Waals surface area contributed by atoms with Gasteiger partial charge in [0.25, 0.3) is 0 Å². The molecular weight excluding hydrogens is 236 g/mol. The third-order valence-corrected chi connectivity index (χ3v) is 3.63. The van der Waals surface area contributed by atoms with Crippen molar-refractivity contribution in [1.82, 2.24) is 4.90 Å². The van der Waals surface area contributed by atoms with Crippen LogP contribution >= 0.6 is 0 Å². The summed E-state index contributed by atoms with van der Waals surface area (Å²) in [6, 6.07) is 0. The van der Waals surface area contributed by atoms with Gasteiger partial charge in [0, 0.05) is 26.1 Å². The Morgan fingerprint density at radius 3 is 1.89 bits per heavy atom. The van der Waals surface area contributed by atoms with Gasteiger partial charge in [-0.15, -0.1) is 0 Å². The summed E-state index contributed by atoms with van der Waals surface area (Å²) < 4.78 is 0. The molecule has 0 bridgehead atoms. The zero-order valence-electron chi connectivity index (χ0n) is 13.1. The van der Waals surface area contributed by atoms with Crippen LogP contribution in [0.1, 0.15) is 78.1 Å². The highest BCUT2D eigenvalue weighted by molar-refractivity contribution is 5.76. The number of carbonyl (C=O) groups is 1. The zero-order chi connectivity index (χ0) is 14.3. The molecular formula is C16H34N2O. The molecule has 2 N–H and O–H groups in total. The zero-order valence-corrected chi connectivity index (χ0v) is 13.1. The van der Waals surface area contributed by atoms with Crippen molar-refractivity contribution in [2.75, 3.05) is 19.6 Å². The van der Waals surface area contributed by atoms with E-state index >= 15 is 0 Å². The molecule has 0 fully saturated rings. The first-order chi connectivity index (χ1) is 9.26. The highest BCUT2D eigenvalue weighted by Crippen LogP contribution is 2.11. The average Bonchev–Trinajstić information content (AvgIpc) is 2.42. The molecule has 0 spiro atoms. The van der Waals surface area contributed by atoms with Gasteiger partial charge in [-0.2, -0.15) is 0 Å².